The van der Waals surface area contributed by atoms with Crippen molar-refractivity contribution in [3.63, 3.8) is 0 Å². The van der Waals surface area contributed by atoms with Crippen molar-refractivity contribution in [2.24, 2.45) is 0 Å². The van der Waals surface area contributed by atoms with Crippen molar-refractivity contribution >= 4 is 11.6 Å². The van der Waals surface area contributed by atoms with Crippen LogP contribution in [0.25, 0.3) is 0 Å². The van der Waals surface area contributed by atoms with E-state index in [4.69, 9.17) is 16.3 Å². The molecule has 4 heteroatoms. The lowest BCUT2D eigenvalue weighted by atomic mass is 10.4. The Labute approximate surface area is 92.0 Å². The molecule has 0 aromatic carbocycles. The van der Waals surface area contributed by atoms with Gasteiger partial charge in [0.2, 0.25) is 0 Å². The molecule has 0 aromatic heterocycles. The van der Waals surface area contributed by atoms with E-state index in [1.807, 2.05) is 0 Å². The zero-order valence-electron chi connectivity index (χ0n) is 9.04. The number of hydrogen-bond donors (Lipinski definition) is 0. The van der Waals surface area contributed by atoms with Gasteiger partial charge in [0.15, 0.2) is 0 Å². The predicted octanol–water partition coefficient (Wildman–Crippen LogP) is 0.879. The molecule has 0 bridgehead atoms. The standard InChI is InChI=1S/C10H21ClN2O/c1-14-10-9-13-5-2-4-12(6-3-11)7-8-13/h2-10H2,1H3. The van der Waals surface area contributed by atoms with Crippen LogP contribution in [0.3, 0.4) is 0 Å². The minimum atomic E-state index is 0.748. The molecule has 0 unspecified atom stereocenters. The van der Waals surface area contributed by atoms with Crippen LogP contribution in [0.1, 0.15) is 6.42 Å². The molecule has 0 N–H and O–H groups in total. The highest BCUT2D eigenvalue weighted by atomic mass is 35.5. The Morgan fingerprint density at radius 2 is 1.71 bits per heavy atom. The summed E-state index contributed by atoms with van der Waals surface area (Å²) in [5.41, 5.74) is 0. The van der Waals surface area contributed by atoms with E-state index in [0.29, 0.717) is 0 Å². The molecule has 0 atom stereocenters. The number of hydrogen-bond acceptors (Lipinski definition) is 3. The van der Waals surface area contributed by atoms with Crippen LogP contribution in [0.15, 0.2) is 0 Å². The van der Waals surface area contributed by atoms with Crippen molar-refractivity contribution in [2.75, 3.05) is 58.9 Å². The molecule has 1 rings (SSSR count). The summed E-state index contributed by atoms with van der Waals surface area (Å²) < 4.78 is 5.08. The van der Waals surface area contributed by atoms with E-state index in [0.717, 1.165) is 38.7 Å². The molecule has 1 aliphatic rings. The fraction of sp³-hybridized carbons (Fsp3) is 1.00. The van der Waals surface area contributed by atoms with Gasteiger partial charge in [-0.15, -0.1) is 11.6 Å². The predicted molar refractivity (Wildman–Crippen MR) is 60.1 cm³/mol. The fourth-order valence-corrected chi connectivity index (χ4v) is 2.05. The molecule has 1 heterocycles. The van der Waals surface area contributed by atoms with Gasteiger partial charge < -0.3 is 9.64 Å². The Morgan fingerprint density at radius 1 is 1.07 bits per heavy atom. The molecule has 0 amide bonds. The second-order valence-electron chi connectivity index (χ2n) is 3.72. The Bertz CT molecular complexity index is 146. The van der Waals surface area contributed by atoms with Crippen molar-refractivity contribution in [1.82, 2.24) is 9.80 Å². The van der Waals surface area contributed by atoms with Crippen LogP contribution >= 0.6 is 11.6 Å². The number of ether oxygens (including phenoxy) is 1. The molecular formula is C10H21ClN2O. The van der Waals surface area contributed by atoms with Gasteiger partial charge in [0, 0.05) is 39.2 Å². The van der Waals surface area contributed by atoms with Gasteiger partial charge in [-0.3, -0.25) is 4.90 Å². The van der Waals surface area contributed by atoms with Gasteiger partial charge in [-0.2, -0.15) is 0 Å². The van der Waals surface area contributed by atoms with E-state index in [1.54, 1.807) is 7.11 Å². The average Bonchev–Trinajstić information content (AvgIpc) is 2.41. The first kappa shape index (κ1) is 12.2. The van der Waals surface area contributed by atoms with E-state index in [1.165, 1.54) is 19.5 Å². The third-order valence-corrected chi connectivity index (χ3v) is 2.86. The summed E-state index contributed by atoms with van der Waals surface area (Å²) in [6, 6.07) is 0. The zero-order valence-corrected chi connectivity index (χ0v) is 9.80. The van der Waals surface area contributed by atoms with Gasteiger partial charge in [0.1, 0.15) is 0 Å². The van der Waals surface area contributed by atoms with Gasteiger partial charge >= 0.3 is 0 Å². The summed E-state index contributed by atoms with van der Waals surface area (Å²) >= 11 is 5.73. The summed E-state index contributed by atoms with van der Waals surface area (Å²) in [6.07, 6.45) is 1.25. The lowest BCUT2D eigenvalue weighted by Crippen LogP contribution is -2.33. The van der Waals surface area contributed by atoms with Crippen LogP contribution in [0.2, 0.25) is 0 Å². The molecule has 0 saturated carbocycles. The van der Waals surface area contributed by atoms with Crippen molar-refractivity contribution in [2.45, 2.75) is 6.42 Å². The third-order valence-electron chi connectivity index (χ3n) is 2.69. The van der Waals surface area contributed by atoms with Crippen molar-refractivity contribution < 1.29 is 4.74 Å². The highest BCUT2D eigenvalue weighted by Gasteiger charge is 2.13. The Kier molecular flexibility index (Phi) is 6.52. The lowest BCUT2D eigenvalue weighted by molar-refractivity contribution is 0.149. The first-order chi connectivity index (χ1) is 6.86. The summed E-state index contributed by atoms with van der Waals surface area (Å²) in [4.78, 5) is 4.91. The van der Waals surface area contributed by atoms with Crippen LogP contribution in [0.5, 0.6) is 0 Å². The largest absolute Gasteiger partial charge is 0.383 e. The molecule has 1 saturated heterocycles. The van der Waals surface area contributed by atoms with Crippen molar-refractivity contribution in [1.29, 1.82) is 0 Å². The molecule has 0 radical (unpaired) electrons. The topological polar surface area (TPSA) is 15.7 Å². The Morgan fingerprint density at radius 3 is 2.29 bits per heavy atom. The number of nitrogens with zero attached hydrogens (tertiary/aromatic N) is 2. The molecule has 0 aromatic rings. The monoisotopic (exact) mass is 220 g/mol. The van der Waals surface area contributed by atoms with Gasteiger partial charge in [0.25, 0.3) is 0 Å². The molecule has 1 aliphatic heterocycles. The van der Waals surface area contributed by atoms with Gasteiger partial charge in [-0.05, 0) is 19.5 Å². The Hall–Kier alpha value is 0.170. The van der Waals surface area contributed by atoms with Crippen LogP contribution in [-0.2, 0) is 4.74 Å². The minimum Gasteiger partial charge on any atom is -0.383 e. The quantitative estimate of drug-likeness (QED) is 0.640. The average molecular weight is 221 g/mol. The maximum Gasteiger partial charge on any atom is 0.0589 e. The highest BCUT2D eigenvalue weighted by Crippen LogP contribution is 2.02. The molecule has 14 heavy (non-hydrogen) atoms. The normalized spacial score (nSPS) is 21.0. The molecule has 0 aliphatic carbocycles. The van der Waals surface area contributed by atoms with E-state index in [9.17, 15) is 0 Å². The lowest BCUT2D eigenvalue weighted by Gasteiger charge is -2.20. The smallest absolute Gasteiger partial charge is 0.0589 e. The first-order valence-corrected chi connectivity index (χ1v) is 5.90. The van der Waals surface area contributed by atoms with E-state index >= 15 is 0 Å². The van der Waals surface area contributed by atoms with Crippen molar-refractivity contribution in [3.05, 3.63) is 0 Å². The fourth-order valence-electron chi connectivity index (χ4n) is 1.81. The second-order valence-corrected chi connectivity index (χ2v) is 4.10. The van der Waals surface area contributed by atoms with Gasteiger partial charge in [0.05, 0.1) is 6.61 Å². The van der Waals surface area contributed by atoms with Crippen LogP contribution in [-0.4, -0.2) is 68.7 Å². The van der Waals surface area contributed by atoms with Crippen LogP contribution in [0, 0.1) is 0 Å². The molecule has 1 fully saturated rings. The maximum atomic E-state index is 5.73. The number of halogens is 1. The molecule has 0 spiro atoms. The van der Waals surface area contributed by atoms with E-state index in [-0.39, 0.29) is 0 Å². The Balaban J connectivity index is 2.19. The first-order valence-electron chi connectivity index (χ1n) is 5.36. The summed E-state index contributed by atoms with van der Waals surface area (Å²) in [7, 11) is 1.76. The van der Waals surface area contributed by atoms with E-state index in [2.05, 4.69) is 9.80 Å². The summed E-state index contributed by atoms with van der Waals surface area (Å²) in [5, 5.41) is 0. The van der Waals surface area contributed by atoms with Crippen molar-refractivity contribution in [3.8, 4) is 0 Å². The number of alkyl halides is 1. The van der Waals surface area contributed by atoms with Crippen LogP contribution < -0.4 is 0 Å². The molecule has 84 valence electrons. The highest BCUT2D eigenvalue weighted by molar-refractivity contribution is 6.18. The number of rotatable bonds is 5. The maximum absolute atomic E-state index is 5.73. The van der Waals surface area contributed by atoms with Gasteiger partial charge in [-0.1, -0.05) is 0 Å². The van der Waals surface area contributed by atoms with Crippen LogP contribution in [0.4, 0.5) is 0 Å². The number of methoxy groups -OCH3 is 1. The summed E-state index contributed by atoms with van der Waals surface area (Å²) in [5.74, 6) is 0.748. The van der Waals surface area contributed by atoms with Gasteiger partial charge in [-0.25, -0.2) is 0 Å². The minimum absolute atomic E-state index is 0.748. The SMILES string of the molecule is COCCN1CCCN(CCCl)CC1. The third kappa shape index (κ3) is 4.60. The second kappa shape index (κ2) is 7.46. The van der Waals surface area contributed by atoms with E-state index < -0.39 is 0 Å². The molecule has 3 nitrogen and oxygen atoms in total. The molecular weight excluding hydrogens is 200 g/mol. The zero-order chi connectivity index (χ0) is 10.2. The summed E-state index contributed by atoms with van der Waals surface area (Å²) in [6.45, 7) is 7.62.